The van der Waals surface area contributed by atoms with Crippen LogP contribution < -0.4 is 9.80 Å². The summed E-state index contributed by atoms with van der Waals surface area (Å²) in [5, 5.41) is 11.7. The zero-order valence-electron chi connectivity index (χ0n) is 16.1. The molecule has 1 saturated heterocycles. The van der Waals surface area contributed by atoms with Crippen molar-refractivity contribution in [1.82, 2.24) is 0 Å². The first-order valence-electron chi connectivity index (χ1n) is 9.48. The van der Waals surface area contributed by atoms with Gasteiger partial charge in [-0.05, 0) is 48.6 Å². The number of benzene rings is 2. The van der Waals surface area contributed by atoms with E-state index in [4.69, 9.17) is 0 Å². The second-order valence-corrected chi connectivity index (χ2v) is 7.92. The molecule has 2 aliphatic heterocycles. The number of fused-ring (bicyclic) bond motifs is 1. The first-order valence-corrected chi connectivity index (χ1v) is 9.48. The van der Waals surface area contributed by atoms with E-state index in [1.165, 1.54) is 24.3 Å². The van der Waals surface area contributed by atoms with Gasteiger partial charge in [0.05, 0.1) is 21.7 Å². The topological polar surface area (TPSA) is 83.8 Å². The molecule has 0 spiro atoms. The van der Waals surface area contributed by atoms with Crippen molar-refractivity contribution < 1.29 is 18.9 Å². The van der Waals surface area contributed by atoms with Gasteiger partial charge >= 0.3 is 0 Å². The maximum atomic E-state index is 13.2. The SMILES string of the molecule is CC1CC(C)CN(c2cc3c(cc2[N+](=O)[O-])C(=O)N(c2ccc(F)cc2)C3=O)C1. The number of nitrogens with zero attached hydrogens (tertiary/aromatic N) is 3. The zero-order chi connectivity index (χ0) is 20.9. The van der Waals surface area contributed by atoms with Crippen molar-refractivity contribution in [2.45, 2.75) is 20.3 Å². The van der Waals surface area contributed by atoms with E-state index in [0.717, 1.165) is 23.5 Å². The van der Waals surface area contributed by atoms with Gasteiger partial charge in [0, 0.05) is 19.2 Å². The Morgan fingerprint density at radius 2 is 1.55 bits per heavy atom. The maximum absolute atomic E-state index is 13.2. The highest BCUT2D eigenvalue weighted by molar-refractivity contribution is 6.35. The van der Waals surface area contributed by atoms with Crippen molar-refractivity contribution in [3.63, 3.8) is 0 Å². The molecule has 1 fully saturated rings. The van der Waals surface area contributed by atoms with Gasteiger partial charge in [-0.3, -0.25) is 19.7 Å². The molecule has 150 valence electrons. The number of nitro benzene ring substituents is 1. The van der Waals surface area contributed by atoms with Crippen molar-refractivity contribution in [1.29, 1.82) is 0 Å². The molecule has 4 rings (SSSR count). The molecule has 2 heterocycles. The molecule has 2 aromatic rings. The third-order valence-corrected chi connectivity index (χ3v) is 5.47. The molecular weight excluding hydrogens is 377 g/mol. The molecule has 2 atom stereocenters. The van der Waals surface area contributed by atoms with Crippen molar-refractivity contribution in [2.75, 3.05) is 22.9 Å². The van der Waals surface area contributed by atoms with Gasteiger partial charge in [-0.15, -0.1) is 0 Å². The summed E-state index contributed by atoms with van der Waals surface area (Å²) in [7, 11) is 0. The summed E-state index contributed by atoms with van der Waals surface area (Å²) in [6, 6.07) is 7.63. The first kappa shape index (κ1) is 19.0. The summed E-state index contributed by atoms with van der Waals surface area (Å²) in [6.45, 7) is 5.47. The molecule has 29 heavy (non-hydrogen) atoms. The Balaban J connectivity index is 1.79. The largest absolute Gasteiger partial charge is 0.365 e. The number of carbonyl (C=O) groups excluding carboxylic acids is 2. The van der Waals surface area contributed by atoms with E-state index in [0.29, 0.717) is 30.6 Å². The number of carbonyl (C=O) groups is 2. The van der Waals surface area contributed by atoms with Gasteiger partial charge < -0.3 is 4.90 Å². The van der Waals surface area contributed by atoms with Crippen LogP contribution >= 0.6 is 0 Å². The summed E-state index contributed by atoms with van der Waals surface area (Å²) in [6.07, 6.45) is 1.03. The van der Waals surface area contributed by atoms with E-state index in [2.05, 4.69) is 13.8 Å². The highest BCUT2D eigenvalue weighted by Gasteiger charge is 2.40. The molecule has 0 aromatic heterocycles. The van der Waals surface area contributed by atoms with Crippen LogP contribution in [0.1, 0.15) is 41.0 Å². The van der Waals surface area contributed by atoms with Gasteiger partial charge in [-0.25, -0.2) is 9.29 Å². The van der Waals surface area contributed by atoms with Crippen LogP contribution in [0.4, 0.5) is 21.5 Å². The quantitative estimate of drug-likeness (QED) is 0.444. The smallest absolute Gasteiger partial charge is 0.293 e. The summed E-state index contributed by atoms with van der Waals surface area (Å²) < 4.78 is 13.2. The Labute approximate surface area is 166 Å². The minimum Gasteiger partial charge on any atom is -0.365 e. The predicted molar refractivity (Wildman–Crippen MR) is 106 cm³/mol. The maximum Gasteiger partial charge on any atom is 0.293 e. The average Bonchev–Trinajstić information content (AvgIpc) is 2.91. The fraction of sp³-hybridized carbons (Fsp3) is 0.333. The van der Waals surface area contributed by atoms with Gasteiger partial charge in [0.1, 0.15) is 11.5 Å². The van der Waals surface area contributed by atoms with E-state index in [9.17, 15) is 24.1 Å². The lowest BCUT2D eigenvalue weighted by atomic mass is 9.91. The standard InChI is InChI=1S/C21H20FN3O4/c1-12-7-13(2)11-23(10-12)18-8-16-17(9-19(18)25(28)29)21(27)24(20(16)26)15-5-3-14(22)4-6-15/h3-6,8-9,12-13H,7,10-11H2,1-2H3. The molecule has 7 nitrogen and oxygen atoms in total. The van der Waals surface area contributed by atoms with Crippen LogP contribution in [0.3, 0.4) is 0 Å². The number of halogens is 1. The summed E-state index contributed by atoms with van der Waals surface area (Å²) in [5.41, 5.74) is 0.516. The number of amides is 2. The van der Waals surface area contributed by atoms with Gasteiger partial charge in [0.2, 0.25) is 0 Å². The predicted octanol–water partition coefficient (Wildman–Crippen LogP) is 4.02. The highest BCUT2D eigenvalue weighted by Crippen LogP contribution is 2.39. The van der Waals surface area contributed by atoms with E-state index in [1.54, 1.807) is 0 Å². The van der Waals surface area contributed by atoms with Gasteiger partial charge in [-0.1, -0.05) is 13.8 Å². The second-order valence-electron chi connectivity index (χ2n) is 7.92. The molecule has 0 bridgehead atoms. The Hall–Kier alpha value is -3.29. The monoisotopic (exact) mass is 397 g/mol. The first-order chi connectivity index (χ1) is 13.8. The van der Waals surface area contributed by atoms with Crippen LogP contribution in [-0.4, -0.2) is 29.8 Å². The fourth-order valence-corrected chi connectivity index (χ4v) is 4.35. The number of piperidine rings is 1. The van der Waals surface area contributed by atoms with Crippen LogP contribution in [0, 0.1) is 27.8 Å². The Morgan fingerprint density at radius 1 is 1.00 bits per heavy atom. The number of imide groups is 1. The van der Waals surface area contributed by atoms with Crippen molar-refractivity contribution in [2.24, 2.45) is 11.8 Å². The van der Waals surface area contributed by atoms with Crippen LogP contribution in [0.5, 0.6) is 0 Å². The molecule has 0 saturated carbocycles. The molecule has 0 N–H and O–H groups in total. The molecule has 2 aromatic carbocycles. The molecule has 2 amide bonds. The van der Waals surface area contributed by atoms with Crippen molar-refractivity contribution in [3.8, 4) is 0 Å². The van der Waals surface area contributed by atoms with Gasteiger partial charge in [0.25, 0.3) is 17.5 Å². The lowest BCUT2D eigenvalue weighted by molar-refractivity contribution is -0.384. The van der Waals surface area contributed by atoms with Crippen molar-refractivity contribution >= 4 is 28.9 Å². The number of rotatable bonds is 3. The van der Waals surface area contributed by atoms with Gasteiger partial charge in [-0.2, -0.15) is 0 Å². The van der Waals surface area contributed by atoms with E-state index in [-0.39, 0.29) is 22.5 Å². The number of nitro groups is 1. The van der Waals surface area contributed by atoms with Crippen LogP contribution in [0.25, 0.3) is 0 Å². The third-order valence-electron chi connectivity index (χ3n) is 5.47. The van der Waals surface area contributed by atoms with E-state index in [1.807, 2.05) is 4.90 Å². The Kier molecular flexibility index (Phi) is 4.56. The number of anilines is 2. The zero-order valence-corrected chi connectivity index (χ0v) is 16.1. The summed E-state index contributed by atoms with van der Waals surface area (Å²) >= 11 is 0. The minimum absolute atomic E-state index is 0.00659. The molecule has 2 aliphatic rings. The number of hydrogen-bond donors (Lipinski definition) is 0. The molecule has 0 radical (unpaired) electrons. The van der Waals surface area contributed by atoms with Crippen LogP contribution in [0.2, 0.25) is 0 Å². The lowest BCUT2D eigenvalue weighted by Gasteiger charge is -2.36. The summed E-state index contributed by atoms with van der Waals surface area (Å²) in [4.78, 5) is 39.9. The Bertz CT molecular complexity index is 1010. The van der Waals surface area contributed by atoms with Crippen LogP contribution in [-0.2, 0) is 0 Å². The molecule has 8 heteroatoms. The minimum atomic E-state index is -0.647. The molecular formula is C21H20FN3O4. The second kappa shape index (κ2) is 6.95. The van der Waals surface area contributed by atoms with Crippen molar-refractivity contribution in [3.05, 3.63) is 63.5 Å². The normalized spacial score (nSPS) is 21.5. The number of hydrogen-bond acceptors (Lipinski definition) is 5. The van der Waals surface area contributed by atoms with Gasteiger partial charge in [0.15, 0.2) is 0 Å². The van der Waals surface area contributed by atoms with E-state index >= 15 is 0 Å². The third kappa shape index (κ3) is 3.24. The fourth-order valence-electron chi connectivity index (χ4n) is 4.35. The highest BCUT2D eigenvalue weighted by atomic mass is 19.1. The van der Waals surface area contributed by atoms with Crippen LogP contribution in [0.15, 0.2) is 36.4 Å². The summed E-state index contributed by atoms with van der Waals surface area (Å²) in [5.74, 6) is -0.978. The lowest BCUT2D eigenvalue weighted by Crippen LogP contribution is -2.39. The Morgan fingerprint density at radius 3 is 2.10 bits per heavy atom. The molecule has 0 aliphatic carbocycles. The van der Waals surface area contributed by atoms with E-state index < -0.39 is 22.6 Å². The average molecular weight is 397 g/mol. The molecule has 2 unspecified atom stereocenters.